The molecule has 2 rings (SSSR count). The van der Waals surface area contributed by atoms with Crippen LogP contribution in [0.1, 0.15) is 15.9 Å². The molecule has 0 bridgehead atoms. The van der Waals surface area contributed by atoms with E-state index in [4.69, 9.17) is 0 Å². The summed E-state index contributed by atoms with van der Waals surface area (Å²) in [7, 11) is 0. The second-order valence-corrected chi connectivity index (χ2v) is 7.50. The molecule has 0 aromatic carbocycles. The van der Waals surface area contributed by atoms with Crippen LogP contribution in [0, 0.1) is 0 Å². The van der Waals surface area contributed by atoms with Crippen molar-refractivity contribution in [1.29, 1.82) is 0 Å². The summed E-state index contributed by atoms with van der Waals surface area (Å²) in [6, 6.07) is 6.02. The Morgan fingerprint density at radius 1 is 1.33 bits per heavy atom. The molecule has 0 aliphatic heterocycles. The zero-order valence-corrected chi connectivity index (χ0v) is 12.4. The van der Waals surface area contributed by atoms with E-state index in [1.165, 1.54) is 4.88 Å². The predicted molar refractivity (Wildman–Crippen MR) is 72.7 cm³/mol. The third-order valence-electron chi connectivity index (χ3n) is 1.94. The number of hydrogen-bond acceptors (Lipinski definition) is 3. The summed E-state index contributed by atoms with van der Waals surface area (Å²) >= 11 is 10.0. The molecule has 2 aromatic heterocycles. The maximum absolute atomic E-state index is 9.98. The van der Waals surface area contributed by atoms with E-state index >= 15 is 0 Å². The van der Waals surface area contributed by atoms with Crippen LogP contribution in [-0.2, 0) is 6.42 Å². The van der Waals surface area contributed by atoms with E-state index in [0.717, 1.165) is 13.1 Å². The van der Waals surface area contributed by atoms with Crippen LogP contribution in [0.3, 0.4) is 0 Å². The van der Waals surface area contributed by atoms with Crippen LogP contribution in [0.25, 0.3) is 0 Å². The van der Waals surface area contributed by atoms with Crippen LogP contribution in [0.4, 0.5) is 0 Å². The van der Waals surface area contributed by atoms with Gasteiger partial charge in [-0.25, -0.2) is 0 Å². The molecule has 1 atom stereocenters. The highest BCUT2D eigenvalue weighted by Gasteiger charge is 2.12. The van der Waals surface area contributed by atoms with E-state index < -0.39 is 6.10 Å². The lowest BCUT2D eigenvalue weighted by Crippen LogP contribution is -1.97. The van der Waals surface area contributed by atoms with Gasteiger partial charge in [-0.1, -0.05) is 0 Å². The van der Waals surface area contributed by atoms with Gasteiger partial charge < -0.3 is 5.11 Å². The first kappa shape index (κ1) is 11.8. The molecule has 2 heterocycles. The molecule has 5 heteroatoms. The van der Waals surface area contributed by atoms with Crippen molar-refractivity contribution in [3.63, 3.8) is 0 Å². The van der Waals surface area contributed by atoms with Gasteiger partial charge in [0.2, 0.25) is 0 Å². The van der Waals surface area contributed by atoms with E-state index in [1.54, 1.807) is 22.7 Å². The number of aliphatic hydroxyl groups is 1. The Labute approximate surface area is 113 Å². The molecule has 0 spiro atoms. The van der Waals surface area contributed by atoms with Gasteiger partial charge in [0.1, 0.15) is 0 Å². The fourth-order valence-electron chi connectivity index (χ4n) is 1.26. The van der Waals surface area contributed by atoms with E-state index in [-0.39, 0.29) is 0 Å². The fraction of sp³-hybridized carbons (Fsp3) is 0.200. The van der Waals surface area contributed by atoms with Gasteiger partial charge in [0.15, 0.2) is 0 Å². The second-order valence-electron chi connectivity index (χ2n) is 3.09. The number of halogens is 2. The maximum Gasteiger partial charge on any atom is 0.0930 e. The summed E-state index contributed by atoms with van der Waals surface area (Å²) < 4.78 is 2.14. The largest absolute Gasteiger partial charge is 0.387 e. The lowest BCUT2D eigenvalue weighted by Gasteiger charge is -2.05. The molecule has 0 radical (unpaired) electrons. The Balaban J connectivity index is 2.06. The van der Waals surface area contributed by atoms with Crippen molar-refractivity contribution in [2.75, 3.05) is 0 Å². The van der Waals surface area contributed by atoms with Gasteiger partial charge in [0.05, 0.1) is 9.89 Å². The number of aliphatic hydroxyl groups excluding tert-OH is 1. The molecule has 1 unspecified atom stereocenters. The van der Waals surface area contributed by atoms with Gasteiger partial charge >= 0.3 is 0 Å². The van der Waals surface area contributed by atoms with Gasteiger partial charge in [-0.3, -0.25) is 0 Å². The summed E-state index contributed by atoms with van der Waals surface area (Å²) in [5, 5.41) is 12.0. The van der Waals surface area contributed by atoms with Gasteiger partial charge in [-0.15, -0.1) is 22.7 Å². The summed E-state index contributed by atoms with van der Waals surface area (Å²) in [5.74, 6) is 0. The lowest BCUT2D eigenvalue weighted by atomic mass is 10.2. The molecule has 0 aliphatic carbocycles. The van der Waals surface area contributed by atoms with Crippen LogP contribution in [0.15, 0.2) is 31.8 Å². The molecule has 2 aromatic rings. The summed E-state index contributed by atoms with van der Waals surface area (Å²) in [5.41, 5.74) is 0. The number of thiophene rings is 2. The van der Waals surface area contributed by atoms with E-state index in [1.807, 2.05) is 23.6 Å². The molecule has 0 saturated heterocycles. The Morgan fingerprint density at radius 2 is 2.13 bits per heavy atom. The molecule has 0 saturated carbocycles. The summed E-state index contributed by atoms with van der Waals surface area (Å²) in [4.78, 5) is 2.20. The number of rotatable bonds is 3. The highest BCUT2D eigenvalue weighted by Crippen LogP contribution is 2.30. The monoisotopic (exact) mass is 366 g/mol. The quantitative estimate of drug-likeness (QED) is 0.839. The summed E-state index contributed by atoms with van der Waals surface area (Å²) in [6.07, 6.45) is 0.287. The molecule has 80 valence electrons. The Hall–Kier alpha value is 0.320. The predicted octanol–water partition coefficient (Wildman–Crippen LogP) is 4.61. The highest BCUT2D eigenvalue weighted by atomic mass is 79.9. The first-order valence-corrected chi connectivity index (χ1v) is 7.59. The highest BCUT2D eigenvalue weighted by molar-refractivity contribution is 9.11. The van der Waals surface area contributed by atoms with Crippen LogP contribution in [0.5, 0.6) is 0 Å². The first-order valence-electron chi connectivity index (χ1n) is 4.31. The molecular formula is C10H8Br2OS2. The van der Waals surface area contributed by atoms with Crippen molar-refractivity contribution in [3.8, 4) is 0 Å². The lowest BCUT2D eigenvalue weighted by molar-refractivity contribution is 0.183. The Kier molecular flexibility index (Phi) is 4.01. The van der Waals surface area contributed by atoms with Crippen molar-refractivity contribution >= 4 is 54.5 Å². The second kappa shape index (κ2) is 5.10. The first-order chi connectivity index (χ1) is 7.15. The zero-order chi connectivity index (χ0) is 10.8. The van der Waals surface area contributed by atoms with Crippen molar-refractivity contribution in [3.05, 3.63) is 41.6 Å². The Morgan fingerprint density at radius 3 is 2.67 bits per heavy atom. The van der Waals surface area contributed by atoms with Crippen LogP contribution in [0.2, 0.25) is 0 Å². The minimum atomic E-state index is -0.396. The Bertz CT molecular complexity index is 450. The molecule has 1 N–H and O–H groups in total. The molecule has 1 nitrogen and oxygen atoms in total. The number of hydrogen-bond donors (Lipinski definition) is 1. The van der Waals surface area contributed by atoms with E-state index in [9.17, 15) is 5.11 Å². The normalized spacial score (nSPS) is 13.0. The van der Waals surface area contributed by atoms with Gasteiger partial charge in [0, 0.05) is 26.0 Å². The maximum atomic E-state index is 9.98. The molecule has 15 heavy (non-hydrogen) atoms. The van der Waals surface area contributed by atoms with Gasteiger partial charge in [0.25, 0.3) is 0 Å². The summed E-state index contributed by atoms with van der Waals surface area (Å²) in [6.45, 7) is 0. The minimum Gasteiger partial charge on any atom is -0.387 e. The van der Waals surface area contributed by atoms with Gasteiger partial charge in [-0.05, 0) is 50.1 Å². The minimum absolute atomic E-state index is 0.396. The van der Waals surface area contributed by atoms with Gasteiger partial charge in [-0.2, -0.15) is 0 Å². The molecule has 0 amide bonds. The van der Waals surface area contributed by atoms with Crippen LogP contribution >= 0.6 is 54.5 Å². The average Bonchev–Trinajstić information content (AvgIpc) is 2.75. The van der Waals surface area contributed by atoms with E-state index in [0.29, 0.717) is 6.42 Å². The third kappa shape index (κ3) is 3.14. The third-order valence-corrected chi connectivity index (χ3v) is 5.38. The standard InChI is InChI=1S/C10H8Br2OS2/c11-6-3-9(14-5-6)8(13)4-7-1-2-10(12)15-7/h1-3,5,8,13H,4H2. The van der Waals surface area contributed by atoms with Crippen molar-refractivity contribution in [2.24, 2.45) is 0 Å². The molecular weight excluding hydrogens is 360 g/mol. The van der Waals surface area contributed by atoms with E-state index in [2.05, 4.69) is 31.9 Å². The topological polar surface area (TPSA) is 20.2 Å². The van der Waals surface area contributed by atoms with Crippen molar-refractivity contribution in [1.82, 2.24) is 0 Å². The van der Waals surface area contributed by atoms with Crippen LogP contribution < -0.4 is 0 Å². The smallest absolute Gasteiger partial charge is 0.0930 e. The van der Waals surface area contributed by atoms with Crippen molar-refractivity contribution in [2.45, 2.75) is 12.5 Å². The van der Waals surface area contributed by atoms with Crippen LogP contribution in [-0.4, -0.2) is 5.11 Å². The average molecular weight is 368 g/mol. The fourth-order valence-corrected chi connectivity index (χ4v) is 4.21. The molecule has 0 fully saturated rings. The molecule has 0 aliphatic rings. The SMILES string of the molecule is OC(Cc1ccc(Br)s1)c1cc(Br)cs1. The zero-order valence-electron chi connectivity index (χ0n) is 7.61. The van der Waals surface area contributed by atoms with Crippen molar-refractivity contribution < 1.29 is 5.11 Å².